The topological polar surface area (TPSA) is 0 Å². The Kier molecular flexibility index (Phi) is 21.3. The fourth-order valence-electron chi connectivity index (χ4n) is 3.96. The molecule has 26 heavy (non-hydrogen) atoms. The van der Waals surface area contributed by atoms with E-state index in [1.807, 2.05) is 0 Å². The van der Waals surface area contributed by atoms with Gasteiger partial charge >= 0.3 is 0 Å². The van der Waals surface area contributed by atoms with Crippen LogP contribution in [0.4, 0.5) is 0 Å². The summed E-state index contributed by atoms with van der Waals surface area (Å²) in [7, 11) is 0. The molecule has 0 nitrogen and oxygen atoms in total. The summed E-state index contributed by atoms with van der Waals surface area (Å²) in [6.45, 7) is 9.50. The van der Waals surface area contributed by atoms with E-state index < -0.39 is 0 Å². The summed E-state index contributed by atoms with van der Waals surface area (Å²) in [4.78, 5) is 0. The van der Waals surface area contributed by atoms with Gasteiger partial charge in [-0.05, 0) is 11.8 Å². The predicted molar refractivity (Wildman–Crippen MR) is 122 cm³/mol. The van der Waals surface area contributed by atoms with E-state index >= 15 is 0 Å². The van der Waals surface area contributed by atoms with Gasteiger partial charge in [0, 0.05) is 0 Å². The summed E-state index contributed by atoms with van der Waals surface area (Å²) in [5.74, 6) is 1.89. The van der Waals surface area contributed by atoms with Gasteiger partial charge in [0.25, 0.3) is 0 Å². The van der Waals surface area contributed by atoms with E-state index in [1.54, 1.807) is 0 Å². The van der Waals surface area contributed by atoms with Crippen molar-refractivity contribution >= 4 is 0 Å². The molecule has 0 amide bonds. The van der Waals surface area contributed by atoms with Crippen LogP contribution in [-0.4, -0.2) is 0 Å². The van der Waals surface area contributed by atoms with Crippen LogP contribution in [0.1, 0.15) is 156 Å². The van der Waals surface area contributed by atoms with Gasteiger partial charge in [-0.1, -0.05) is 156 Å². The summed E-state index contributed by atoms with van der Waals surface area (Å²) in [6, 6.07) is 0. The summed E-state index contributed by atoms with van der Waals surface area (Å²) < 4.78 is 0. The van der Waals surface area contributed by atoms with E-state index in [9.17, 15) is 0 Å². The summed E-state index contributed by atoms with van der Waals surface area (Å²) in [6.07, 6.45) is 29.3. The van der Waals surface area contributed by atoms with E-state index in [2.05, 4.69) is 27.7 Å². The van der Waals surface area contributed by atoms with E-state index in [-0.39, 0.29) is 0 Å². The molecule has 0 heterocycles. The van der Waals surface area contributed by atoms with E-state index in [0.717, 1.165) is 11.8 Å². The molecule has 0 aliphatic rings. The van der Waals surface area contributed by atoms with Crippen molar-refractivity contribution in [2.45, 2.75) is 156 Å². The van der Waals surface area contributed by atoms with Gasteiger partial charge in [0.05, 0.1) is 0 Å². The van der Waals surface area contributed by atoms with Gasteiger partial charge in [-0.2, -0.15) is 0 Å². The van der Waals surface area contributed by atoms with Crippen LogP contribution in [0.3, 0.4) is 0 Å². The lowest BCUT2D eigenvalue weighted by Crippen LogP contribution is -1.99. The Hall–Kier alpha value is 0. The molecule has 0 aromatic carbocycles. The van der Waals surface area contributed by atoms with Crippen LogP contribution >= 0.6 is 0 Å². The number of rotatable bonds is 21. The van der Waals surface area contributed by atoms with Crippen LogP contribution < -0.4 is 0 Å². The lowest BCUT2D eigenvalue weighted by atomic mass is 9.92. The maximum Gasteiger partial charge on any atom is -0.0443 e. The normalized spacial score (nSPS) is 13.8. The Morgan fingerprint density at radius 3 is 1.12 bits per heavy atom. The molecular formula is C26H54. The van der Waals surface area contributed by atoms with Gasteiger partial charge in [0.15, 0.2) is 0 Å². The molecule has 0 aliphatic heterocycles. The Balaban J connectivity index is 3.11. The zero-order chi connectivity index (χ0) is 19.3. The van der Waals surface area contributed by atoms with Gasteiger partial charge in [0.1, 0.15) is 0 Å². The molecule has 0 N–H and O–H groups in total. The van der Waals surface area contributed by atoms with Gasteiger partial charge < -0.3 is 0 Å². The first-order valence-electron chi connectivity index (χ1n) is 12.7. The fraction of sp³-hybridized carbons (Fsp3) is 1.00. The Bertz CT molecular complexity index is 244. The van der Waals surface area contributed by atoms with Crippen molar-refractivity contribution in [2.75, 3.05) is 0 Å². The lowest BCUT2D eigenvalue weighted by Gasteiger charge is -2.14. The molecule has 0 aromatic heterocycles. The van der Waals surface area contributed by atoms with E-state index in [1.165, 1.54) is 128 Å². The monoisotopic (exact) mass is 366 g/mol. The zero-order valence-electron chi connectivity index (χ0n) is 19.3. The second kappa shape index (κ2) is 21.3. The highest BCUT2D eigenvalue weighted by Crippen LogP contribution is 2.20. The molecule has 0 saturated carbocycles. The summed E-state index contributed by atoms with van der Waals surface area (Å²) >= 11 is 0. The first kappa shape index (κ1) is 26.0. The van der Waals surface area contributed by atoms with Crippen LogP contribution in [0, 0.1) is 11.8 Å². The zero-order valence-corrected chi connectivity index (χ0v) is 19.3. The molecule has 158 valence electrons. The standard InChI is InChI=1S/C26H54/c1-5-7-8-9-10-11-12-13-14-15-16-17-18-19-20-21-22-26(4)24-23-25(3)6-2/h25-26H,5-24H2,1-4H3. The Labute approximate surface area is 168 Å². The third kappa shape index (κ3) is 20.3. The lowest BCUT2D eigenvalue weighted by molar-refractivity contribution is 0.392. The van der Waals surface area contributed by atoms with Crippen molar-refractivity contribution in [1.82, 2.24) is 0 Å². The van der Waals surface area contributed by atoms with E-state index in [0.29, 0.717) is 0 Å². The van der Waals surface area contributed by atoms with Crippen molar-refractivity contribution in [1.29, 1.82) is 0 Å². The largest absolute Gasteiger partial charge is 0.0654 e. The first-order valence-corrected chi connectivity index (χ1v) is 12.7. The predicted octanol–water partition coefficient (Wildman–Crippen LogP) is 10.1. The molecule has 2 unspecified atom stereocenters. The first-order chi connectivity index (χ1) is 12.7. The van der Waals surface area contributed by atoms with Crippen molar-refractivity contribution < 1.29 is 0 Å². The number of hydrogen-bond acceptors (Lipinski definition) is 0. The molecule has 0 rings (SSSR count). The van der Waals surface area contributed by atoms with Gasteiger partial charge in [-0.3, -0.25) is 0 Å². The van der Waals surface area contributed by atoms with E-state index in [4.69, 9.17) is 0 Å². The van der Waals surface area contributed by atoms with Crippen LogP contribution in [0.25, 0.3) is 0 Å². The van der Waals surface area contributed by atoms with Crippen LogP contribution in [0.2, 0.25) is 0 Å². The van der Waals surface area contributed by atoms with Crippen LogP contribution in [0.5, 0.6) is 0 Å². The molecule has 0 fully saturated rings. The molecule has 0 saturated heterocycles. The molecule has 0 aliphatic carbocycles. The molecule has 2 atom stereocenters. The fourth-order valence-corrected chi connectivity index (χ4v) is 3.96. The second-order valence-electron chi connectivity index (χ2n) is 9.29. The molecule has 0 radical (unpaired) electrons. The molecular weight excluding hydrogens is 312 g/mol. The third-order valence-electron chi connectivity index (χ3n) is 6.40. The highest BCUT2D eigenvalue weighted by atomic mass is 14.1. The van der Waals surface area contributed by atoms with Gasteiger partial charge in [0.2, 0.25) is 0 Å². The van der Waals surface area contributed by atoms with Crippen molar-refractivity contribution in [3.63, 3.8) is 0 Å². The maximum absolute atomic E-state index is 2.47. The van der Waals surface area contributed by atoms with Gasteiger partial charge in [-0.25, -0.2) is 0 Å². The van der Waals surface area contributed by atoms with Crippen LogP contribution in [-0.2, 0) is 0 Å². The number of hydrogen-bond donors (Lipinski definition) is 0. The minimum atomic E-state index is 0.934. The average molecular weight is 367 g/mol. The quantitative estimate of drug-likeness (QED) is 0.177. The highest BCUT2D eigenvalue weighted by Gasteiger charge is 2.05. The maximum atomic E-state index is 2.47. The smallest absolute Gasteiger partial charge is 0.0443 e. The second-order valence-corrected chi connectivity index (χ2v) is 9.29. The Morgan fingerprint density at radius 2 is 0.731 bits per heavy atom. The molecule has 0 heteroatoms. The van der Waals surface area contributed by atoms with Crippen molar-refractivity contribution in [3.8, 4) is 0 Å². The number of unbranched alkanes of at least 4 members (excludes halogenated alkanes) is 15. The Morgan fingerprint density at radius 1 is 0.385 bits per heavy atom. The SMILES string of the molecule is CCCCCCCCCCCCCCCCCCC(C)CCC(C)CC. The highest BCUT2D eigenvalue weighted by molar-refractivity contribution is 4.58. The molecule has 0 bridgehead atoms. The van der Waals surface area contributed by atoms with Crippen molar-refractivity contribution in [2.24, 2.45) is 11.8 Å². The summed E-state index contributed by atoms with van der Waals surface area (Å²) in [5.41, 5.74) is 0. The average Bonchev–Trinajstić information content (AvgIpc) is 2.65. The van der Waals surface area contributed by atoms with Crippen molar-refractivity contribution in [3.05, 3.63) is 0 Å². The molecule has 0 aromatic rings. The minimum absolute atomic E-state index is 0.934. The summed E-state index contributed by atoms with van der Waals surface area (Å²) in [5, 5.41) is 0. The minimum Gasteiger partial charge on any atom is -0.0654 e. The van der Waals surface area contributed by atoms with Crippen LogP contribution in [0.15, 0.2) is 0 Å². The van der Waals surface area contributed by atoms with Gasteiger partial charge in [-0.15, -0.1) is 0 Å². The molecule has 0 spiro atoms. The third-order valence-corrected chi connectivity index (χ3v) is 6.40.